The first-order chi connectivity index (χ1) is 50.8. The molecule has 0 aliphatic carbocycles. The number of hydrogen-bond donors (Lipinski definition) is 0. The van der Waals surface area contributed by atoms with E-state index in [9.17, 15) is 33.6 Å². The van der Waals surface area contributed by atoms with Crippen LogP contribution in [0.2, 0.25) is 0 Å². The second-order valence-corrected chi connectivity index (χ2v) is 27.6. The summed E-state index contributed by atoms with van der Waals surface area (Å²) in [5.41, 5.74) is 27.5. The Morgan fingerprint density at radius 1 is 0.174 bits per heavy atom. The van der Waals surface area contributed by atoms with Crippen molar-refractivity contribution in [3.8, 4) is 0 Å². The normalized spacial score (nSPS) is 11.0. The van der Waals surface area contributed by atoms with E-state index in [0.717, 1.165) is 119 Å². The van der Waals surface area contributed by atoms with Gasteiger partial charge in [0, 0.05) is 107 Å². The van der Waals surface area contributed by atoms with Crippen molar-refractivity contribution in [3.63, 3.8) is 0 Å². The second kappa shape index (κ2) is 32.1. The Balaban J connectivity index is 0.000000160. The molecule has 0 N–H and O–H groups in total. The van der Waals surface area contributed by atoms with E-state index in [1.54, 1.807) is 75.5 Å². The van der Waals surface area contributed by atoms with Crippen LogP contribution in [-0.2, 0) is 0 Å². The van der Waals surface area contributed by atoms with Gasteiger partial charge in [0.05, 0.1) is 34.2 Å². The van der Waals surface area contributed by atoms with Crippen LogP contribution in [0, 0.1) is 222 Å². The molecule has 0 aliphatic heterocycles. The zero-order valence-corrected chi connectivity index (χ0v) is 68.6. The molecule has 14 aromatic heterocycles. The van der Waals surface area contributed by atoms with Crippen molar-refractivity contribution in [2.45, 2.75) is 222 Å². The molecule has 0 saturated carbocycles. The Morgan fingerprint density at radius 3 is 1.03 bits per heavy atom. The van der Waals surface area contributed by atoms with E-state index in [4.69, 9.17) is 0 Å². The lowest BCUT2D eigenvalue weighted by molar-refractivity contribution is 0.735. The smallest absolute Gasteiger partial charge is 0.269 e. The van der Waals surface area contributed by atoms with E-state index in [0.29, 0.717) is 84.9 Å². The second-order valence-electron chi connectivity index (χ2n) is 27.6. The maximum absolute atomic E-state index is 12.3. The molecule has 14 aromatic rings. The average molecular weight is 1480 g/mol. The van der Waals surface area contributed by atoms with Gasteiger partial charge in [0.1, 0.15) is 5.65 Å². The molecule has 0 amide bonds. The van der Waals surface area contributed by atoms with Gasteiger partial charge < -0.3 is 0 Å². The fraction of sp³-hybridized carbons (Fsp3) is 0.410. The average Bonchev–Trinajstić information content (AvgIpc) is 0.758. The van der Waals surface area contributed by atoms with Gasteiger partial charge in [-0.1, -0.05) is 0 Å². The molecule has 0 bridgehead atoms. The zero-order chi connectivity index (χ0) is 81.6. The summed E-state index contributed by atoms with van der Waals surface area (Å²) in [6.45, 7) is 59.8. The number of pyridine rings is 1. The molecule has 570 valence electrons. The fourth-order valence-corrected chi connectivity index (χ4v) is 11.3. The number of aryl methyl sites for hydroxylation is 21. The minimum absolute atomic E-state index is 0.00796. The third-order valence-corrected chi connectivity index (χ3v) is 20.7. The van der Waals surface area contributed by atoms with Gasteiger partial charge in [-0.25, -0.2) is 53.7 Å². The molecule has 14 rings (SSSR count). The molecule has 0 saturated heterocycles. The first kappa shape index (κ1) is 82.5. The molecule has 109 heavy (non-hydrogen) atoms. The fourth-order valence-electron chi connectivity index (χ4n) is 11.3. The number of nitrogens with zero attached hydrogens (tertiary/aromatic N) is 24. The maximum Gasteiger partial charge on any atom is 0.278 e. The van der Waals surface area contributed by atoms with Gasteiger partial charge in [0.15, 0.2) is 17.1 Å². The molecule has 0 aromatic carbocycles. The molecule has 0 atom stereocenters. The van der Waals surface area contributed by atoms with Gasteiger partial charge in [-0.3, -0.25) is 47.3 Å². The highest BCUT2D eigenvalue weighted by Crippen LogP contribution is 2.21. The summed E-state index contributed by atoms with van der Waals surface area (Å²) < 4.78 is 10.3. The third kappa shape index (κ3) is 16.0. The van der Waals surface area contributed by atoms with E-state index in [-0.39, 0.29) is 44.7 Å². The molecule has 0 unspecified atom stereocenters. The minimum atomic E-state index is -0.189. The van der Waals surface area contributed by atoms with Crippen LogP contribution >= 0.6 is 0 Å². The maximum atomic E-state index is 12.3. The van der Waals surface area contributed by atoms with E-state index in [2.05, 4.69) is 99.4 Å². The molecular formula is C78H96N24O7. The molecule has 31 nitrogen and oxygen atoms in total. The molecule has 0 spiro atoms. The summed E-state index contributed by atoms with van der Waals surface area (Å²) in [4.78, 5) is 127. The van der Waals surface area contributed by atoms with Crippen molar-refractivity contribution in [3.05, 3.63) is 253 Å². The molecular weight excluding hydrogens is 1390 g/mol. The first-order valence-electron chi connectivity index (χ1n) is 35.2. The highest BCUT2D eigenvalue weighted by molar-refractivity contribution is 5.56. The Labute approximate surface area is 628 Å². The van der Waals surface area contributed by atoms with Crippen LogP contribution in [0.4, 0.5) is 0 Å². The summed E-state index contributed by atoms with van der Waals surface area (Å²) >= 11 is 0. The van der Waals surface area contributed by atoms with Crippen LogP contribution in [0.25, 0.3) is 40.1 Å². The standard InChI is InChI=1S/C14H18N2O.3C12H15N3O.2C10H12N4O.C8H9N5O/c1-7-8(2)12(6)16-13(9(7)3)15-11(5)10(4)14(16)17;1-6-8(3)13-12-14-9(4)7(2)11(16)15(12)10(6)5;1-6-7(2)14-11-9(4)13-8(3)10(5)15(11)12(6)16;1-6-7(2)11-13-9(4)8(3)12(16)15(11)14-10(6)5;1-5-6(2)11-10-13-12-7(3)8(4)14(10)9(5)15;1-5-6(2)11-10-12-7(3)8(4)13-14(10)9(5)15;1-4-5(2)9-8-11-10-6(3)12-13(8)7(4)14/h1-6H3;3*1-5H3;2*1-4H3;1-3H3. The highest BCUT2D eigenvalue weighted by atomic mass is 16.2. The van der Waals surface area contributed by atoms with E-state index < -0.39 is 0 Å². The number of aromatic nitrogens is 24. The van der Waals surface area contributed by atoms with Crippen molar-refractivity contribution in [1.29, 1.82) is 0 Å². The van der Waals surface area contributed by atoms with Crippen molar-refractivity contribution < 1.29 is 0 Å². The van der Waals surface area contributed by atoms with Gasteiger partial charge in [0.25, 0.3) is 56.2 Å². The Bertz CT molecular complexity index is 6550. The van der Waals surface area contributed by atoms with Crippen LogP contribution in [0.5, 0.6) is 0 Å². The van der Waals surface area contributed by atoms with Crippen molar-refractivity contribution in [2.24, 2.45) is 0 Å². The highest BCUT2D eigenvalue weighted by Gasteiger charge is 2.19. The summed E-state index contributed by atoms with van der Waals surface area (Å²) in [5, 5.41) is 27.8. The Kier molecular flexibility index (Phi) is 24.3. The summed E-state index contributed by atoms with van der Waals surface area (Å²) in [7, 11) is 0. The van der Waals surface area contributed by atoms with Gasteiger partial charge in [-0.05, 0) is 255 Å². The number of rotatable bonds is 0. The monoisotopic (exact) mass is 1480 g/mol. The lowest BCUT2D eigenvalue weighted by Gasteiger charge is -2.15. The van der Waals surface area contributed by atoms with Crippen molar-refractivity contribution >= 4 is 40.1 Å². The van der Waals surface area contributed by atoms with Crippen LogP contribution in [0.1, 0.15) is 181 Å². The molecule has 14 heterocycles. The van der Waals surface area contributed by atoms with Gasteiger partial charge >= 0.3 is 0 Å². The topological polar surface area (TPSA) is 369 Å². The van der Waals surface area contributed by atoms with E-state index in [1.165, 1.54) is 29.1 Å². The van der Waals surface area contributed by atoms with Crippen LogP contribution < -0.4 is 38.9 Å². The Morgan fingerprint density at radius 2 is 0.514 bits per heavy atom. The van der Waals surface area contributed by atoms with E-state index in [1.807, 2.05) is 145 Å². The predicted molar refractivity (Wildman–Crippen MR) is 420 cm³/mol. The van der Waals surface area contributed by atoms with Gasteiger partial charge in [-0.15, -0.1) is 20.4 Å². The molecule has 0 aliphatic rings. The Hall–Kier alpha value is -12.2. The molecule has 31 heteroatoms. The third-order valence-electron chi connectivity index (χ3n) is 20.7. The van der Waals surface area contributed by atoms with Crippen LogP contribution in [0.15, 0.2) is 33.6 Å². The molecule has 0 radical (unpaired) electrons. The number of hydrogen-bond acceptors (Lipinski definition) is 24. The predicted octanol–water partition coefficient (Wildman–Crippen LogP) is 8.68. The van der Waals surface area contributed by atoms with Gasteiger partial charge in [0.2, 0.25) is 5.78 Å². The zero-order valence-electron chi connectivity index (χ0n) is 68.6. The number of fused-ring (bicyclic) bond motifs is 7. The SMILES string of the molecule is Cc1nc2c(C)c(C)c(C)c(C)n2c(=O)c1C.Cc1nc2c(C)nc(C)c(C)n2c(=O)c1C.Cc1nc2nc(C)c(C)c(=O)n2c(C)c1C.Cc1nc2nc(C)c(C)c(=O)n2nc1C.Cc1nc2nnc(C)c(C)n2c(=O)c1C.Cc1nn2c(=O)c(C)c(C)nc2c(C)c1C.Cc1nnc2nc(C)c(C)c(=O)n2n1. The summed E-state index contributed by atoms with van der Waals surface area (Å²) in [6, 6.07) is 0. The molecule has 0 fully saturated rings. The van der Waals surface area contributed by atoms with Gasteiger partial charge in [-0.2, -0.15) is 28.8 Å². The van der Waals surface area contributed by atoms with Crippen LogP contribution in [-0.4, -0.2) is 117 Å². The lowest BCUT2D eigenvalue weighted by atomic mass is 10.0. The van der Waals surface area contributed by atoms with E-state index >= 15 is 0 Å². The van der Waals surface area contributed by atoms with Crippen LogP contribution in [0.3, 0.4) is 0 Å². The quantitative estimate of drug-likeness (QED) is 0.137. The largest absolute Gasteiger partial charge is 0.278 e. The minimum Gasteiger partial charge on any atom is -0.269 e. The first-order valence-corrected chi connectivity index (χ1v) is 35.2. The van der Waals surface area contributed by atoms with Crippen molar-refractivity contribution in [2.75, 3.05) is 0 Å². The summed E-state index contributed by atoms with van der Waals surface area (Å²) in [5.74, 6) is 1.92. The van der Waals surface area contributed by atoms with Crippen molar-refractivity contribution in [1.82, 2.24) is 117 Å². The summed E-state index contributed by atoms with van der Waals surface area (Å²) in [6.07, 6.45) is 0. The lowest BCUT2D eigenvalue weighted by Crippen LogP contribution is -2.23.